The molecule has 0 radical (unpaired) electrons. The zero-order chi connectivity index (χ0) is 96.8. The molecule has 7 aromatic heterocycles. The number of hydrogen-bond donors (Lipinski definition) is 0. The second-order valence-corrected chi connectivity index (χ2v) is 43.7. The van der Waals surface area contributed by atoms with Crippen LogP contribution >= 0.6 is 56.7 Å². The van der Waals surface area contributed by atoms with E-state index in [0.29, 0.717) is 0 Å². The molecule has 5 aliphatic heterocycles. The van der Waals surface area contributed by atoms with Crippen LogP contribution in [0.1, 0.15) is 149 Å². The monoisotopic (exact) mass is 1930 g/mol. The number of hydrogen-bond acceptors (Lipinski definition) is 8. The Kier molecular flexibility index (Phi) is 27.6. The van der Waals surface area contributed by atoms with Gasteiger partial charge in [-0.1, -0.05) is 205 Å². The van der Waals surface area contributed by atoms with Crippen LogP contribution in [0.5, 0.6) is 0 Å². The summed E-state index contributed by atoms with van der Waals surface area (Å²) in [7, 11) is 11.0. The Hall–Kier alpha value is -13.9. The Bertz CT molecular complexity index is 8010. The van der Waals surface area contributed by atoms with Gasteiger partial charge < -0.3 is 4.42 Å². The van der Waals surface area contributed by atoms with E-state index in [1.807, 2.05) is 24.4 Å². The summed E-state index contributed by atoms with van der Waals surface area (Å²) in [5.74, 6) is 0.763. The number of oxazole rings is 1. The molecule has 12 heterocycles. The first-order valence-corrected chi connectivity index (χ1v) is 53.6. The average molecular weight is 1930 g/mol. The lowest BCUT2D eigenvalue weighted by Gasteiger charge is -2.26. The fraction of sp³-hybridized carbons (Fsp3) is 0.195. The highest BCUT2D eigenvalue weighted by atomic mass is 32.1. The molecule has 0 amide bonds. The van der Waals surface area contributed by atoms with Gasteiger partial charge in [0.2, 0.25) is 28.4 Å². The summed E-state index contributed by atoms with van der Waals surface area (Å²) < 4.78 is 17.5. The number of benzene rings is 10. The van der Waals surface area contributed by atoms with Gasteiger partial charge in [0.25, 0.3) is 0 Å². The predicted octanol–water partition coefficient (Wildman–Crippen LogP) is 33.2. The fourth-order valence-corrected chi connectivity index (χ4v) is 26.7. The fourth-order valence-electron chi connectivity index (χ4n) is 23.6. The van der Waals surface area contributed by atoms with E-state index < -0.39 is 0 Å². The van der Waals surface area contributed by atoms with Crippen molar-refractivity contribution in [3.8, 4) is 0 Å². The Labute approximate surface area is 850 Å². The number of allylic oxidation sites excluding steroid dienone is 13. The molecule has 698 valence electrons. The predicted molar refractivity (Wildman–Crippen MR) is 607 cm³/mol. The summed E-state index contributed by atoms with van der Waals surface area (Å²) in [6.45, 7) is 17.7. The van der Waals surface area contributed by atoms with Crippen LogP contribution in [0, 0.1) is 0 Å². The first-order valence-electron chi connectivity index (χ1n) is 49.2. The number of nitrogens with zero attached hydrogens (tertiary/aromatic N) is 7. The highest BCUT2D eigenvalue weighted by Gasteiger charge is 2.54. The molecule has 4 unspecified atom stereocenters. The molecule has 17 aromatic rings. The SMILES string of the molecule is C=CCC1(CC=C)C(/C=C/c2cccs2)=[N+](C)c2ccc3ccccc3c21.C[N+]1=C(/C=C/c2cccs2)C(C)(CC2=CC=CC2)c2c1ccc1ccccc21.C[N+]1=C(/C=C/c2cccs2)C(C)(CC2=CCCCC2)c2c1ccc1ccccc21.C[N+]1=C(/C=C/c2cccs2)C(C)(Cc2ccccn2)c2c1ccc1ccccc21.C[N+]1=C(/C=C/c2cccs2)C(C)(Cc2ncco2)c2c1ccc1ccccc21. The van der Waals surface area contributed by atoms with Crippen molar-refractivity contribution in [2.24, 2.45) is 0 Å². The van der Waals surface area contributed by atoms with Crippen LogP contribution < -0.4 is 0 Å². The lowest BCUT2D eigenvalue weighted by atomic mass is 9.70. The minimum Gasteiger partial charge on any atom is -0.449 e. The maximum absolute atomic E-state index is 5.66. The minimum atomic E-state index is -0.233. The Balaban J connectivity index is 0.000000108. The molecule has 0 N–H and O–H groups in total. The molecule has 141 heavy (non-hydrogen) atoms. The molecule has 0 saturated carbocycles. The molecule has 2 aliphatic carbocycles. The Morgan fingerprint density at radius 3 is 1.00 bits per heavy atom. The number of rotatable bonds is 22. The second-order valence-electron chi connectivity index (χ2n) is 38.8. The Morgan fingerprint density at radius 2 is 0.674 bits per heavy atom. The molecule has 10 aromatic carbocycles. The van der Waals surface area contributed by atoms with Crippen LogP contribution in [0.2, 0.25) is 0 Å². The molecule has 13 heteroatoms. The highest BCUT2D eigenvalue weighted by Crippen LogP contribution is 2.54. The zero-order valence-electron chi connectivity index (χ0n) is 82.0. The molecular weight excluding hydrogens is 1810 g/mol. The maximum Gasteiger partial charge on any atom is 0.210 e. The highest BCUT2D eigenvalue weighted by molar-refractivity contribution is 7.12. The normalized spacial score (nSPS) is 19.3. The van der Waals surface area contributed by atoms with E-state index in [0.717, 1.165) is 56.5 Å². The standard InChI is InChI=1S/C27H28NS.C26H23N2S.C26H24NS.C25H24NS.C24H21N2OS/c1-27(19-20-9-4-3-5-10-20)25(17-15-22-12-8-18-29-22)28(2)24-16-14-21-11-6-7-13-23(21)26(24)27;1-26(18-20-9-5-6-16-27-20)24(15-13-21-10-7-17-29-21)28(2)23-14-12-19-8-3-4-11-22(19)25(23)26;1-26(18-19-8-3-4-9-19)24(16-14-21-11-7-17-28-21)27(2)23-15-13-20-10-5-6-12-22(20)25(23)26;1-4-16-25(17-5-2)23(15-13-20-10-8-18-27-20)26(3)22-14-12-19-9-6-7-11-21(19)24(22)25;1-24(16-22-25-13-14-27-22)21(12-10-18-7-5-15-28-18)26(2)20-11-9-17-6-3-4-8-19(17)23(20)24/h6-9,11-18H,3-5,10,19H2,1-2H3;3-17H,18H2,1-2H3;3-8,10-17H,9,18H2,1-2H3;4-15,18H,1-2,16-17H2,3H3;3-15H,16H2,1-2H3/q5*+1/b17-15+;15-13+;16-14+;15-13+;12-10+. The number of thiophene rings is 5. The molecule has 0 fully saturated rings. The third-order valence-electron chi connectivity index (χ3n) is 30.0. The lowest BCUT2D eigenvalue weighted by molar-refractivity contribution is -0.401. The summed E-state index contributed by atoms with van der Waals surface area (Å²) in [5.41, 5.74) is 23.9. The minimum absolute atomic E-state index is 0.0120. The third kappa shape index (κ3) is 18.5. The number of fused-ring (bicyclic) bond motifs is 15. The van der Waals surface area contributed by atoms with Crippen molar-refractivity contribution in [2.45, 2.75) is 125 Å². The second kappa shape index (κ2) is 41.1. The van der Waals surface area contributed by atoms with Crippen LogP contribution in [0.3, 0.4) is 0 Å². The summed E-state index contributed by atoms with van der Waals surface area (Å²) >= 11 is 8.87. The van der Waals surface area contributed by atoms with E-state index in [9.17, 15) is 0 Å². The first kappa shape index (κ1) is 94.7. The van der Waals surface area contributed by atoms with Gasteiger partial charge in [0.05, 0.1) is 33.3 Å². The Morgan fingerprint density at radius 1 is 0.333 bits per heavy atom. The number of aromatic nitrogens is 2. The van der Waals surface area contributed by atoms with E-state index in [2.05, 4.69) is 476 Å². The van der Waals surface area contributed by atoms with Crippen molar-refractivity contribution in [3.05, 3.63) is 461 Å². The molecule has 24 rings (SSSR count). The van der Waals surface area contributed by atoms with Gasteiger partial charge in [-0.25, -0.2) is 4.98 Å². The van der Waals surface area contributed by atoms with Gasteiger partial charge in [0, 0.05) is 138 Å². The number of pyridine rings is 1. The van der Waals surface area contributed by atoms with Gasteiger partial charge in [-0.05, 0) is 269 Å². The molecule has 8 nitrogen and oxygen atoms in total. The van der Waals surface area contributed by atoms with Gasteiger partial charge in [-0.2, -0.15) is 22.9 Å². The third-order valence-corrected chi connectivity index (χ3v) is 34.1. The maximum atomic E-state index is 5.66. The van der Waals surface area contributed by atoms with Gasteiger partial charge in [-0.3, -0.25) is 4.98 Å². The molecule has 4 atom stereocenters. The van der Waals surface area contributed by atoms with E-state index in [1.54, 1.807) is 74.7 Å². The lowest BCUT2D eigenvalue weighted by Crippen LogP contribution is -2.33. The van der Waals surface area contributed by atoms with Crippen molar-refractivity contribution in [1.82, 2.24) is 9.97 Å². The summed E-state index contributed by atoms with van der Waals surface area (Å²) in [6.07, 6.45) is 53.2. The van der Waals surface area contributed by atoms with E-state index in [4.69, 9.17) is 4.42 Å². The smallest absolute Gasteiger partial charge is 0.210 e. The van der Waals surface area contributed by atoms with Gasteiger partial charge in [0.15, 0.2) is 34.4 Å². The van der Waals surface area contributed by atoms with Crippen molar-refractivity contribution >= 4 is 198 Å². The zero-order valence-corrected chi connectivity index (χ0v) is 86.0. The summed E-state index contributed by atoms with van der Waals surface area (Å²) in [6, 6.07) is 93.8. The topological polar surface area (TPSA) is 54.0 Å². The van der Waals surface area contributed by atoms with E-state index in [1.165, 1.54) is 194 Å². The van der Waals surface area contributed by atoms with Crippen molar-refractivity contribution in [3.63, 3.8) is 0 Å². The van der Waals surface area contributed by atoms with Crippen molar-refractivity contribution in [2.75, 3.05) is 35.2 Å². The average Bonchev–Trinajstić information content (AvgIpc) is 1.58. The van der Waals surface area contributed by atoms with Crippen LogP contribution in [0.15, 0.2) is 402 Å². The molecule has 0 bridgehead atoms. The van der Waals surface area contributed by atoms with Crippen molar-refractivity contribution < 1.29 is 27.3 Å². The van der Waals surface area contributed by atoms with Gasteiger partial charge >= 0.3 is 0 Å². The van der Waals surface area contributed by atoms with Crippen LogP contribution in [-0.2, 0) is 39.9 Å². The van der Waals surface area contributed by atoms with Gasteiger partial charge in [0.1, 0.15) is 41.5 Å². The van der Waals surface area contributed by atoms with E-state index in [-0.39, 0.29) is 27.1 Å². The van der Waals surface area contributed by atoms with Crippen LogP contribution in [0.4, 0.5) is 28.4 Å². The molecule has 0 saturated heterocycles. The largest absolute Gasteiger partial charge is 0.449 e. The van der Waals surface area contributed by atoms with Crippen molar-refractivity contribution in [1.29, 1.82) is 0 Å². The molecule has 0 spiro atoms. The van der Waals surface area contributed by atoms with E-state index >= 15 is 0 Å². The van der Waals surface area contributed by atoms with Crippen LogP contribution in [-0.4, -0.2) is 96.6 Å². The molecule has 7 aliphatic rings. The summed E-state index contributed by atoms with van der Waals surface area (Å²) in [5, 5.41) is 23.8. The quantitative estimate of drug-likeness (QED) is 0.0502. The first-order chi connectivity index (χ1) is 68.9. The summed E-state index contributed by atoms with van der Waals surface area (Å²) in [4.78, 5) is 15.5. The van der Waals surface area contributed by atoms with Gasteiger partial charge in [-0.15, -0.1) is 69.8 Å². The van der Waals surface area contributed by atoms with Crippen LogP contribution in [0.25, 0.3) is 84.2 Å². The molecular formula is C128H120N7OS5+5.